The second kappa shape index (κ2) is 7.97. The Labute approximate surface area is 161 Å². The van der Waals surface area contributed by atoms with Gasteiger partial charge in [0, 0.05) is 10.4 Å². The number of ether oxygens (including phenoxy) is 1. The zero-order valence-corrected chi connectivity index (χ0v) is 16.3. The van der Waals surface area contributed by atoms with Crippen LogP contribution in [0.25, 0.3) is 0 Å². The molecule has 0 aliphatic heterocycles. The molecule has 0 atom stereocenters. The molecule has 3 rings (SSSR count). The molecule has 26 heavy (non-hydrogen) atoms. The molecule has 0 radical (unpaired) electrons. The molecule has 1 aliphatic rings. The predicted octanol–water partition coefficient (Wildman–Crippen LogP) is 3.85. The summed E-state index contributed by atoms with van der Waals surface area (Å²) in [5, 5.41) is 6.48. The Hall–Kier alpha value is -2.25. The van der Waals surface area contributed by atoms with E-state index in [0.29, 0.717) is 16.1 Å². The Bertz CT molecular complexity index is 856. The molecule has 136 valence electrons. The summed E-state index contributed by atoms with van der Waals surface area (Å²) in [4.78, 5) is 25.7. The third kappa shape index (κ3) is 3.94. The fraction of sp³-hybridized carbons (Fsp3) is 0.316. The summed E-state index contributed by atoms with van der Waals surface area (Å²) >= 11 is 6.78. The molecule has 1 heterocycles. The Balaban J connectivity index is 1.76. The molecule has 7 heteroatoms. The van der Waals surface area contributed by atoms with Gasteiger partial charge < -0.3 is 10.1 Å². The average Bonchev–Trinajstić information content (AvgIpc) is 2.99. The molecule has 0 fully saturated rings. The lowest BCUT2D eigenvalue weighted by Crippen LogP contribution is -2.34. The number of thiocarbonyl (C=S) groups is 1. The molecule has 0 bridgehead atoms. The Morgan fingerprint density at radius 2 is 1.85 bits per heavy atom. The Morgan fingerprint density at radius 3 is 2.54 bits per heavy atom. The summed E-state index contributed by atoms with van der Waals surface area (Å²) in [5.74, 6) is -0.664. The lowest BCUT2D eigenvalue weighted by molar-refractivity contribution is 0.0601. The maximum atomic E-state index is 12.3. The highest BCUT2D eigenvalue weighted by Crippen LogP contribution is 2.38. The van der Waals surface area contributed by atoms with Gasteiger partial charge in [0.15, 0.2) is 5.11 Å². The SMILES string of the molecule is COC(=O)c1c(NC(=S)NC(=O)c2ccc(C)cc2)sc2c1CCCC2. The highest BCUT2D eigenvalue weighted by Gasteiger charge is 2.26. The fourth-order valence-corrected chi connectivity index (χ4v) is 4.53. The number of benzene rings is 1. The van der Waals surface area contributed by atoms with E-state index in [1.165, 1.54) is 23.3 Å². The van der Waals surface area contributed by atoms with E-state index in [1.54, 1.807) is 12.1 Å². The van der Waals surface area contributed by atoms with Crippen LogP contribution in [0.2, 0.25) is 0 Å². The number of carbonyl (C=O) groups excluding carboxylic acids is 2. The zero-order valence-electron chi connectivity index (χ0n) is 14.7. The molecule has 2 N–H and O–H groups in total. The van der Waals surface area contributed by atoms with Crippen molar-refractivity contribution in [3.63, 3.8) is 0 Å². The van der Waals surface area contributed by atoms with Crippen molar-refractivity contribution < 1.29 is 14.3 Å². The average molecular weight is 389 g/mol. The minimum Gasteiger partial charge on any atom is -0.465 e. The van der Waals surface area contributed by atoms with E-state index in [-0.39, 0.29) is 17.0 Å². The quantitative estimate of drug-likeness (QED) is 0.618. The van der Waals surface area contributed by atoms with Gasteiger partial charge in [-0.05, 0) is 62.5 Å². The van der Waals surface area contributed by atoms with E-state index < -0.39 is 0 Å². The molecule has 0 unspecified atom stereocenters. The number of rotatable bonds is 3. The highest BCUT2D eigenvalue weighted by atomic mass is 32.1. The summed E-state index contributed by atoms with van der Waals surface area (Å²) in [6, 6.07) is 7.23. The predicted molar refractivity (Wildman–Crippen MR) is 107 cm³/mol. The number of methoxy groups -OCH3 is 1. The number of hydrogen-bond acceptors (Lipinski definition) is 5. The van der Waals surface area contributed by atoms with Gasteiger partial charge in [-0.1, -0.05) is 17.7 Å². The van der Waals surface area contributed by atoms with Gasteiger partial charge in [0.25, 0.3) is 5.91 Å². The number of fused-ring (bicyclic) bond motifs is 1. The minimum absolute atomic E-state index is 0.166. The number of anilines is 1. The van der Waals surface area contributed by atoms with Crippen molar-refractivity contribution in [2.24, 2.45) is 0 Å². The molecule has 0 saturated carbocycles. The molecule has 1 aromatic heterocycles. The lowest BCUT2D eigenvalue weighted by atomic mass is 9.95. The van der Waals surface area contributed by atoms with Gasteiger partial charge in [-0.3, -0.25) is 10.1 Å². The second-order valence-corrected chi connectivity index (χ2v) is 7.69. The van der Waals surface area contributed by atoms with Crippen molar-refractivity contribution in [2.75, 3.05) is 12.4 Å². The third-order valence-corrected chi connectivity index (χ3v) is 5.74. The standard InChI is InChI=1S/C19H20N2O3S2/c1-11-7-9-12(10-8-11)16(22)20-19(25)21-17-15(18(23)24-2)13-5-3-4-6-14(13)26-17/h7-10H,3-6H2,1-2H3,(H2,20,21,22,25). The van der Waals surface area contributed by atoms with Gasteiger partial charge in [0.2, 0.25) is 0 Å². The van der Waals surface area contributed by atoms with E-state index in [9.17, 15) is 9.59 Å². The maximum Gasteiger partial charge on any atom is 0.341 e. The molecular formula is C19H20N2O3S2. The van der Waals surface area contributed by atoms with Crippen molar-refractivity contribution in [1.29, 1.82) is 0 Å². The molecule has 5 nitrogen and oxygen atoms in total. The van der Waals surface area contributed by atoms with Gasteiger partial charge in [0.05, 0.1) is 12.7 Å². The number of thiophene rings is 1. The van der Waals surface area contributed by atoms with Gasteiger partial charge in [-0.2, -0.15) is 0 Å². The maximum absolute atomic E-state index is 12.3. The van der Waals surface area contributed by atoms with Crippen molar-refractivity contribution in [3.05, 3.63) is 51.4 Å². The summed E-state index contributed by atoms with van der Waals surface area (Å²) in [6.07, 6.45) is 3.98. The van der Waals surface area contributed by atoms with E-state index >= 15 is 0 Å². The largest absolute Gasteiger partial charge is 0.465 e. The van der Waals surface area contributed by atoms with Crippen molar-refractivity contribution in [2.45, 2.75) is 32.6 Å². The van der Waals surface area contributed by atoms with Crippen molar-refractivity contribution in [3.8, 4) is 0 Å². The Morgan fingerprint density at radius 1 is 1.15 bits per heavy atom. The summed E-state index contributed by atoms with van der Waals surface area (Å²) in [7, 11) is 1.37. The molecule has 0 saturated heterocycles. The Kier molecular flexibility index (Phi) is 5.68. The lowest BCUT2D eigenvalue weighted by Gasteiger charge is -2.12. The zero-order chi connectivity index (χ0) is 18.7. The first-order valence-corrected chi connectivity index (χ1v) is 9.64. The van der Waals surface area contributed by atoms with Crippen LogP contribution in [-0.4, -0.2) is 24.1 Å². The first kappa shape index (κ1) is 18.5. The van der Waals surface area contributed by atoms with Crippen LogP contribution in [0.5, 0.6) is 0 Å². The molecule has 0 spiro atoms. The fourth-order valence-electron chi connectivity index (χ4n) is 2.99. The van der Waals surface area contributed by atoms with Gasteiger partial charge in [-0.25, -0.2) is 4.79 Å². The van der Waals surface area contributed by atoms with Crippen LogP contribution in [0.4, 0.5) is 5.00 Å². The highest BCUT2D eigenvalue weighted by molar-refractivity contribution is 7.80. The van der Waals surface area contributed by atoms with Crippen molar-refractivity contribution >= 4 is 45.5 Å². The number of hydrogen-bond donors (Lipinski definition) is 2. The number of carbonyl (C=O) groups is 2. The topological polar surface area (TPSA) is 67.4 Å². The monoisotopic (exact) mass is 388 g/mol. The number of nitrogens with one attached hydrogen (secondary N) is 2. The molecule has 1 aliphatic carbocycles. The van der Waals surface area contributed by atoms with E-state index in [1.807, 2.05) is 19.1 Å². The van der Waals surface area contributed by atoms with Gasteiger partial charge in [-0.15, -0.1) is 11.3 Å². The van der Waals surface area contributed by atoms with Crippen LogP contribution in [0.3, 0.4) is 0 Å². The molecular weight excluding hydrogens is 368 g/mol. The summed E-state index contributed by atoms with van der Waals surface area (Å²) in [6.45, 7) is 1.96. The third-order valence-electron chi connectivity index (χ3n) is 4.33. The normalized spacial score (nSPS) is 12.8. The first-order chi connectivity index (χ1) is 12.5. The summed E-state index contributed by atoms with van der Waals surface area (Å²) in [5.41, 5.74) is 3.19. The molecule has 1 amide bonds. The van der Waals surface area contributed by atoms with Crippen LogP contribution < -0.4 is 10.6 Å². The number of aryl methyl sites for hydroxylation is 2. The first-order valence-electron chi connectivity index (χ1n) is 8.41. The smallest absolute Gasteiger partial charge is 0.341 e. The van der Waals surface area contributed by atoms with Crippen LogP contribution >= 0.6 is 23.6 Å². The van der Waals surface area contributed by atoms with E-state index in [0.717, 1.165) is 36.8 Å². The van der Waals surface area contributed by atoms with E-state index in [2.05, 4.69) is 10.6 Å². The number of amides is 1. The second-order valence-electron chi connectivity index (χ2n) is 6.18. The molecule has 2 aromatic rings. The van der Waals surface area contributed by atoms with E-state index in [4.69, 9.17) is 17.0 Å². The van der Waals surface area contributed by atoms with Crippen LogP contribution in [0.1, 0.15) is 49.6 Å². The van der Waals surface area contributed by atoms with Crippen molar-refractivity contribution in [1.82, 2.24) is 5.32 Å². The molecule has 1 aromatic carbocycles. The van der Waals surface area contributed by atoms with Gasteiger partial charge >= 0.3 is 5.97 Å². The van der Waals surface area contributed by atoms with Gasteiger partial charge in [0.1, 0.15) is 5.00 Å². The minimum atomic E-state index is -0.375. The van der Waals surface area contributed by atoms with Crippen LogP contribution in [0, 0.1) is 6.92 Å². The van der Waals surface area contributed by atoms with Crippen LogP contribution in [0.15, 0.2) is 24.3 Å². The number of esters is 1. The van der Waals surface area contributed by atoms with Crippen LogP contribution in [-0.2, 0) is 17.6 Å². The summed E-state index contributed by atoms with van der Waals surface area (Å²) < 4.78 is 4.94.